The number of halogens is 1. The van der Waals surface area contributed by atoms with Gasteiger partial charge in [0.1, 0.15) is 28.7 Å². The molecule has 3 aromatic carbocycles. The molecule has 226 valence electrons. The molecule has 0 radical (unpaired) electrons. The van der Waals surface area contributed by atoms with Crippen molar-refractivity contribution in [1.29, 1.82) is 0 Å². The molecule has 2 aliphatic heterocycles. The highest BCUT2D eigenvalue weighted by atomic mass is 79.9. The Kier molecular flexibility index (Phi) is 8.47. The average molecular weight is 664 g/mol. The van der Waals surface area contributed by atoms with Gasteiger partial charge in [-0.25, -0.2) is 0 Å². The standard InChI is InChI=1S/C35H39BrN2O4S/c1-22-7-9-25(10-8-22)21-43-31-15-27(38-41-20-23-5-3-2-4-6-23)14-30-35(31)16-28(18-39)37-17-26-13-29(40-19-24-11-12-24)33(36)34(42-30)32(26)35/h2-10,13,24,28,30-31,37,39H,11-12,14-21H2,1H3/t28-,30?,31+,35+/m0/s1. The number of hydrogen-bond donors (Lipinski definition) is 2. The van der Waals surface area contributed by atoms with Crippen molar-refractivity contribution in [2.45, 2.75) is 80.7 Å². The molecular weight excluding hydrogens is 624 g/mol. The lowest BCUT2D eigenvalue weighted by Gasteiger charge is -2.45. The van der Waals surface area contributed by atoms with Gasteiger partial charge in [0.2, 0.25) is 0 Å². The monoisotopic (exact) mass is 662 g/mol. The summed E-state index contributed by atoms with van der Waals surface area (Å²) in [6, 6.07) is 21.2. The van der Waals surface area contributed by atoms with E-state index in [1.54, 1.807) is 0 Å². The van der Waals surface area contributed by atoms with Crippen LogP contribution >= 0.6 is 27.7 Å². The molecule has 2 aliphatic carbocycles. The van der Waals surface area contributed by atoms with Gasteiger partial charge in [0.15, 0.2) is 0 Å². The summed E-state index contributed by atoms with van der Waals surface area (Å²) < 4.78 is 14.2. The molecular formula is C35H39BrN2O4S. The summed E-state index contributed by atoms with van der Waals surface area (Å²) in [7, 11) is 0. The zero-order chi connectivity index (χ0) is 29.4. The van der Waals surface area contributed by atoms with Crippen molar-refractivity contribution in [2.75, 3.05) is 13.2 Å². The van der Waals surface area contributed by atoms with Gasteiger partial charge in [0.05, 0.1) is 24.3 Å². The van der Waals surface area contributed by atoms with E-state index in [0.29, 0.717) is 25.5 Å². The van der Waals surface area contributed by atoms with Gasteiger partial charge in [-0.1, -0.05) is 65.3 Å². The first kappa shape index (κ1) is 29.2. The molecule has 6 nitrogen and oxygen atoms in total. The van der Waals surface area contributed by atoms with Crippen LogP contribution in [-0.2, 0) is 29.2 Å². The first-order chi connectivity index (χ1) is 21.0. The van der Waals surface area contributed by atoms with E-state index >= 15 is 0 Å². The number of thioether (sulfide) groups is 1. The number of oxime groups is 1. The molecule has 2 saturated carbocycles. The molecule has 0 aromatic heterocycles. The van der Waals surface area contributed by atoms with Gasteiger partial charge < -0.3 is 24.7 Å². The molecule has 1 spiro atoms. The number of nitrogens with one attached hydrogen (secondary N) is 1. The molecule has 4 aliphatic rings. The van der Waals surface area contributed by atoms with Crippen molar-refractivity contribution >= 4 is 33.4 Å². The fraction of sp³-hybridized carbons (Fsp3) is 0.457. The van der Waals surface area contributed by atoms with Crippen LogP contribution in [0.15, 0.2) is 70.3 Å². The van der Waals surface area contributed by atoms with Gasteiger partial charge in [-0.15, -0.1) is 0 Å². The highest BCUT2D eigenvalue weighted by Crippen LogP contribution is 2.61. The lowest BCUT2D eigenvalue weighted by atomic mass is 9.64. The fourth-order valence-corrected chi connectivity index (χ4v) is 8.96. The lowest BCUT2D eigenvalue weighted by molar-refractivity contribution is 0.101. The summed E-state index contributed by atoms with van der Waals surface area (Å²) in [6.45, 7) is 4.07. The number of ether oxygens (including phenoxy) is 2. The summed E-state index contributed by atoms with van der Waals surface area (Å²) in [6.07, 6.45) is 4.66. The molecule has 7 rings (SSSR count). The van der Waals surface area contributed by atoms with Crippen LogP contribution in [0.2, 0.25) is 0 Å². The maximum absolute atomic E-state index is 10.5. The van der Waals surface area contributed by atoms with E-state index in [1.165, 1.54) is 35.1 Å². The minimum absolute atomic E-state index is 0.0330. The highest BCUT2D eigenvalue weighted by molar-refractivity contribution is 9.10. The number of benzene rings is 3. The Bertz CT molecular complexity index is 1480. The van der Waals surface area contributed by atoms with Gasteiger partial charge in [0.25, 0.3) is 0 Å². The summed E-state index contributed by atoms with van der Waals surface area (Å²) in [5, 5.41) is 19.0. The van der Waals surface area contributed by atoms with E-state index in [0.717, 1.165) is 52.4 Å². The second kappa shape index (κ2) is 12.5. The van der Waals surface area contributed by atoms with E-state index in [2.05, 4.69) is 70.6 Å². The topological polar surface area (TPSA) is 72.3 Å². The number of aliphatic hydroxyl groups excluding tert-OH is 1. The average Bonchev–Trinajstić information content (AvgIpc) is 3.82. The van der Waals surface area contributed by atoms with E-state index in [1.807, 2.05) is 30.0 Å². The third-order valence-corrected chi connectivity index (χ3v) is 11.6. The smallest absolute Gasteiger partial charge is 0.142 e. The summed E-state index contributed by atoms with van der Waals surface area (Å²) >= 11 is 5.89. The third-order valence-electron chi connectivity index (χ3n) is 9.38. The number of hydrogen-bond acceptors (Lipinski definition) is 7. The highest BCUT2D eigenvalue weighted by Gasteiger charge is 2.60. The van der Waals surface area contributed by atoms with E-state index in [4.69, 9.17) is 19.5 Å². The second-order valence-corrected chi connectivity index (χ2v) is 14.5. The van der Waals surface area contributed by atoms with Crippen molar-refractivity contribution < 1.29 is 19.4 Å². The Balaban J connectivity index is 1.25. The third kappa shape index (κ3) is 5.96. The van der Waals surface area contributed by atoms with Crippen molar-refractivity contribution in [1.82, 2.24) is 5.32 Å². The van der Waals surface area contributed by atoms with Gasteiger partial charge in [-0.2, -0.15) is 11.8 Å². The second-order valence-electron chi connectivity index (χ2n) is 12.5. The van der Waals surface area contributed by atoms with Crippen LogP contribution in [0.25, 0.3) is 0 Å². The van der Waals surface area contributed by atoms with Crippen molar-refractivity contribution in [3.05, 3.63) is 93.0 Å². The van der Waals surface area contributed by atoms with Gasteiger partial charge in [-0.05, 0) is 70.8 Å². The molecule has 3 aromatic rings. The predicted octanol–water partition coefficient (Wildman–Crippen LogP) is 7.07. The number of nitrogens with zero attached hydrogens (tertiary/aromatic N) is 1. The Morgan fingerprint density at radius 1 is 1.09 bits per heavy atom. The molecule has 2 N–H and O–H groups in total. The molecule has 0 saturated heterocycles. The molecule has 0 amide bonds. The molecule has 2 heterocycles. The van der Waals surface area contributed by atoms with Crippen molar-refractivity contribution in [2.24, 2.45) is 11.1 Å². The van der Waals surface area contributed by atoms with Crippen LogP contribution in [0.3, 0.4) is 0 Å². The quantitative estimate of drug-likeness (QED) is 0.226. The van der Waals surface area contributed by atoms with Crippen molar-refractivity contribution in [3.8, 4) is 11.5 Å². The number of aryl methyl sites for hydroxylation is 1. The number of rotatable bonds is 10. The normalized spacial score (nSPS) is 26.8. The maximum atomic E-state index is 10.5. The molecule has 0 bridgehead atoms. The van der Waals surface area contributed by atoms with Crippen LogP contribution in [0.5, 0.6) is 11.5 Å². The number of aliphatic hydroxyl groups is 1. The first-order valence-corrected chi connectivity index (χ1v) is 17.3. The molecule has 8 heteroatoms. The van der Waals surface area contributed by atoms with Crippen LogP contribution < -0.4 is 14.8 Å². The molecule has 1 unspecified atom stereocenters. The van der Waals surface area contributed by atoms with Gasteiger partial charge >= 0.3 is 0 Å². The van der Waals surface area contributed by atoms with Crippen LogP contribution in [0.1, 0.15) is 59.9 Å². The molecule has 2 fully saturated rings. The summed E-state index contributed by atoms with van der Waals surface area (Å²) in [5.74, 6) is 3.30. The van der Waals surface area contributed by atoms with Crippen molar-refractivity contribution in [3.63, 3.8) is 0 Å². The Morgan fingerprint density at radius 2 is 1.91 bits per heavy atom. The van der Waals surface area contributed by atoms with Crippen LogP contribution in [-0.4, -0.2) is 41.4 Å². The van der Waals surface area contributed by atoms with Crippen LogP contribution in [0.4, 0.5) is 0 Å². The van der Waals surface area contributed by atoms with Gasteiger partial charge in [0, 0.05) is 42.0 Å². The predicted molar refractivity (Wildman–Crippen MR) is 175 cm³/mol. The summed E-state index contributed by atoms with van der Waals surface area (Å²) in [4.78, 5) is 5.92. The lowest BCUT2D eigenvalue weighted by Crippen LogP contribution is -2.54. The Hall–Kier alpha value is -2.52. The zero-order valence-corrected chi connectivity index (χ0v) is 27.0. The van der Waals surface area contributed by atoms with E-state index in [9.17, 15) is 5.11 Å². The maximum Gasteiger partial charge on any atom is 0.142 e. The first-order valence-electron chi connectivity index (χ1n) is 15.4. The molecule has 4 atom stereocenters. The zero-order valence-electron chi connectivity index (χ0n) is 24.6. The van der Waals surface area contributed by atoms with E-state index < -0.39 is 0 Å². The summed E-state index contributed by atoms with van der Waals surface area (Å²) in [5.41, 5.74) is 6.91. The van der Waals surface area contributed by atoms with E-state index in [-0.39, 0.29) is 29.4 Å². The fourth-order valence-electron chi connectivity index (χ4n) is 6.88. The minimum atomic E-state index is -0.285. The molecule has 43 heavy (non-hydrogen) atoms. The Morgan fingerprint density at radius 3 is 2.67 bits per heavy atom. The SMILES string of the molecule is Cc1ccc(CS[C@@H]2CC(=NOCc3ccccc3)CC3Oc4c(Br)c(OCC5CC5)cc5c4[C@]32C[C@@H](CO)NC5)cc1. The van der Waals surface area contributed by atoms with Crippen LogP contribution in [0, 0.1) is 12.8 Å². The minimum Gasteiger partial charge on any atom is -0.492 e. The van der Waals surface area contributed by atoms with Gasteiger partial charge in [-0.3, -0.25) is 0 Å². The largest absolute Gasteiger partial charge is 0.492 e. The Labute approximate surface area is 266 Å².